The molecule has 2 heterocycles. The molecule has 148 valence electrons. The third-order valence-corrected chi connectivity index (χ3v) is 6.44. The average molecular weight is 390 g/mol. The van der Waals surface area contributed by atoms with Gasteiger partial charge in [0.1, 0.15) is 5.84 Å². The Morgan fingerprint density at radius 1 is 1.44 bits per heavy atom. The number of hydrogen-bond acceptors (Lipinski definition) is 4. The van der Waals surface area contributed by atoms with Gasteiger partial charge >= 0.3 is 0 Å². The fraction of sp³-hybridized carbons (Fsp3) is 0.571. The van der Waals surface area contributed by atoms with Crippen molar-refractivity contribution < 1.29 is 0 Å². The summed E-state index contributed by atoms with van der Waals surface area (Å²) in [6, 6.07) is 2.91. The maximum absolute atomic E-state index is 6.62. The van der Waals surface area contributed by atoms with E-state index in [1.807, 2.05) is 7.05 Å². The molecule has 2 aliphatic heterocycles. The molecule has 3 aliphatic rings. The van der Waals surface area contributed by atoms with E-state index in [0.29, 0.717) is 6.04 Å². The summed E-state index contributed by atoms with van der Waals surface area (Å²) >= 11 is 6.62. The molecule has 4 rings (SSSR count). The molecule has 2 fully saturated rings. The molecule has 27 heavy (non-hydrogen) atoms. The van der Waals surface area contributed by atoms with Crippen molar-refractivity contribution in [2.45, 2.75) is 56.9 Å². The van der Waals surface area contributed by atoms with Crippen molar-refractivity contribution in [1.29, 1.82) is 0 Å². The molecule has 1 aromatic carbocycles. The van der Waals surface area contributed by atoms with E-state index in [1.165, 1.54) is 36.9 Å². The van der Waals surface area contributed by atoms with Gasteiger partial charge in [0.2, 0.25) is 0 Å². The van der Waals surface area contributed by atoms with E-state index in [-0.39, 0.29) is 5.41 Å². The first-order valence-electron chi connectivity index (χ1n) is 10.0. The molecule has 6 heteroatoms. The van der Waals surface area contributed by atoms with Crippen molar-refractivity contribution in [2.75, 3.05) is 30.8 Å². The first kappa shape index (κ1) is 20.2. The maximum atomic E-state index is 6.62. The summed E-state index contributed by atoms with van der Waals surface area (Å²) in [5.74, 6) is 1.07. The zero-order valence-corrected chi connectivity index (χ0v) is 17.3. The summed E-state index contributed by atoms with van der Waals surface area (Å²) in [6.45, 7) is 7.86. The molecule has 5 nitrogen and oxygen atoms in total. The Balaban J connectivity index is 0.000000253. The van der Waals surface area contributed by atoms with E-state index in [2.05, 4.69) is 40.5 Å². The number of nitrogens with zero attached hydrogens (tertiary/aromatic N) is 1. The van der Waals surface area contributed by atoms with Gasteiger partial charge in [0, 0.05) is 19.6 Å². The van der Waals surface area contributed by atoms with Gasteiger partial charge in [-0.15, -0.1) is 0 Å². The molecule has 1 unspecified atom stereocenters. The van der Waals surface area contributed by atoms with Crippen LogP contribution in [-0.4, -0.2) is 32.0 Å². The monoisotopic (exact) mass is 389 g/mol. The molecule has 0 aromatic heterocycles. The quantitative estimate of drug-likeness (QED) is 0.627. The van der Waals surface area contributed by atoms with Crippen LogP contribution in [-0.2, 0) is 11.8 Å². The van der Waals surface area contributed by atoms with Crippen molar-refractivity contribution in [2.24, 2.45) is 10.7 Å². The molecule has 1 atom stereocenters. The molecule has 1 aromatic rings. The summed E-state index contributed by atoms with van der Waals surface area (Å²) in [5.41, 5.74) is 10.00. The van der Waals surface area contributed by atoms with Crippen LogP contribution in [0, 0.1) is 0 Å². The number of nitrogens with one attached hydrogen (secondary N) is 3. The first-order chi connectivity index (χ1) is 13.1. The SMILES string of the molecule is C=CNc1c(CC)cc2c(c1Cl)NC(=NC)C21CCC1.NCC1CCCN1. The molecule has 0 amide bonds. The zero-order valence-electron chi connectivity index (χ0n) is 16.5. The lowest BCUT2D eigenvalue weighted by atomic mass is 9.64. The van der Waals surface area contributed by atoms with Gasteiger partial charge in [0.05, 0.1) is 21.8 Å². The van der Waals surface area contributed by atoms with Crippen LogP contribution in [0.25, 0.3) is 0 Å². The van der Waals surface area contributed by atoms with Gasteiger partial charge in [0.15, 0.2) is 0 Å². The van der Waals surface area contributed by atoms with Gasteiger partial charge in [-0.2, -0.15) is 0 Å². The van der Waals surface area contributed by atoms with Gasteiger partial charge in [-0.05, 0) is 56.0 Å². The van der Waals surface area contributed by atoms with Crippen LogP contribution >= 0.6 is 11.6 Å². The van der Waals surface area contributed by atoms with E-state index in [4.69, 9.17) is 17.3 Å². The number of halogens is 1. The number of anilines is 2. The van der Waals surface area contributed by atoms with Crippen molar-refractivity contribution in [3.63, 3.8) is 0 Å². The summed E-state index contributed by atoms with van der Waals surface area (Å²) in [7, 11) is 1.85. The minimum atomic E-state index is 0.0877. The standard InChI is InChI=1S/C16H20ClN3.C5H12N2/c1-4-10-9-11-14(12(17)13(10)19-5-2)20-15(18-3)16(11)7-6-8-16;6-4-5-2-1-3-7-5/h5,9,19H,2,4,6-8H2,1,3H3,(H,18,20);5,7H,1-4,6H2. The van der Waals surface area contributed by atoms with Gasteiger partial charge in [-0.1, -0.05) is 37.6 Å². The minimum Gasteiger partial charge on any atom is -0.361 e. The van der Waals surface area contributed by atoms with Crippen molar-refractivity contribution in [3.8, 4) is 0 Å². The van der Waals surface area contributed by atoms with Crippen LogP contribution in [0.2, 0.25) is 5.02 Å². The smallest absolute Gasteiger partial charge is 0.111 e. The van der Waals surface area contributed by atoms with Crippen LogP contribution in [0.3, 0.4) is 0 Å². The highest BCUT2D eigenvalue weighted by molar-refractivity contribution is 6.38. The summed E-state index contributed by atoms with van der Waals surface area (Å²) in [6.07, 6.45) is 8.78. The van der Waals surface area contributed by atoms with Crippen LogP contribution in [0.15, 0.2) is 23.8 Å². The van der Waals surface area contributed by atoms with Crippen LogP contribution in [0.4, 0.5) is 11.4 Å². The van der Waals surface area contributed by atoms with Gasteiger partial charge in [0.25, 0.3) is 0 Å². The number of aliphatic imine (C=N–C) groups is 1. The third-order valence-electron chi connectivity index (χ3n) is 6.07. The highest BCUT2D eigenvalue weighted by Gasteiger charge is 2.50. The average Bonchev–Trinajstić information content (AvgIpc) is 3.29. The van der Waals surface area contributed by atoms with E-state index in [9.17, 15) is 0 Å². The van der Waals surface area contributed by atoms with E-state index >= 15 is 0 Å². The number of benzene rings is 1. The fourth-order valence-corrected chi connectivity index (χ4v) is 4.69. The van der Waals surface area contributed by atoms with E-state index in [1.54, 1.807) is 6.20 Å². The summed E-state index contributed by atoms with van der Waals surface area (Å²) in [5, 5.41) is 10.6. The zero-order chi connectivity index (χ0) is 19.4. The molecular weight excluding hydrogens is 358 g/mol. The number of nitrogens with two attached hydrogens (primary N) is 1. The Kier molecular flexibility index (Phi) is 6.45. The second-order valence-electron chi connectivity index (χ2n) is 7.51. The van der Waals surface area contributed by atoms with Crippen molar-refractivity contribution >= 4 is 28.8 Å². The Labute approximate surface area is 167 Å². The van der Waals surface area contributed by atoms with Crippen LogP contribution < -0.4 is 21.7 Å². The largest absolute Gasteiger partial charge is 0.361 e. The molecule has 0 radical (unpaired) electrons. The molecular formula is C21H32ClN5. The van der Waals surface area contributed by atoms with Crippen molar-refractivity contribution in [3.05, 3.63) is 35.0 Å². The van der Waals surface area contributed by atoms with E-state index in [0.717, 1.165) is 48.0 Å². The van der Waals surface area contributed by atoms with Gasteiger partial charge in [-0.3, -0.25) is 4.99 Å². The Morgan fingerprint density at radius 3 is 2.67 bits per heavy atom. The number of hydrogen-bond donors (Lipinski definition) is 4. The normalized spacial score (nSPS) is 23.3. The fourth-order valence-electron chi connectivity index (χ4n) is 4.37. The number of rotatable bonds is 4. The Bertz CT molecular complexity index is 718. The molecule has 1 spiro atoms. The minimum absolute atomic E-state index is 0.0877. The lowest BCUT2D eigenvalue weighted by Crippen LogP contribution is -2.41. The Morgan fingerprint density at radius 2 is 2.22 bits per heavy atom. The topological polar surface area (TPSA) is 74.5 Å². The number of amidine groups is 1. The van der Waals surface area contributed by atoms with Gasteiger partial charge in [-0.25, -0.2) is 0 Å². The molecule has 0 bridgehead atoms. The predicted octanol–water partition coefficient (Wildman–Crippen LogP) is 4.03. The summed E-state index contributed by atoms with van der Waals surface area (Å²) < 4.78 is 0. The van der Waals surface area contributed by atoms with Crippen molar-refractivity contribution in [1.82, 2.24) is 5.32 Å². The molecule has 5 N–H and O–H groups in total. The number of aryl methyl sites for hydroxylation is 1. The predicted molar refractivity (Wildman–Crippen MR) is 117 cm³/mol. The molecule has 1 saturated carbocycles. The highest BCUT2D eigenvalue weighted by Crippen LogP contribution is 2.55. The highest BCUT2D eigenvalue weighted by atomic mass is 35.5. The first-order valence-corrected chi connectivity index (χ1v) is 10.4. The molecule has 1 aliphatic carbocycles. The summed E-state index contributed by atoms with van der Waals surface area (Å²) in [4.78, 5) is 4.46. The lowest BCUT2D eigenvalue weighted by molar-refractivity contribution is 0.347. The maximum Gasteiger partial charge on any atom is 0.111 e. The van der Waals surface area contributed by atoms with E-state index < -0.39 is 0 Å². The van der Waals surface area contributed by atoms with Gasteiger partial charge < -0.3 is 21.7 Å². The number of fused-ring (bicyclic) bond motifs is 2. The lowest BCUT2D eigenvalue weighted by Gasteiger charge is -2.38. The van der Waals surface area contributed by atoms with Crippen LogP contribution in [0.5, 0.6) is 0 Å². The third kappa shape index (κ3) is 3.60. The van der Waals surface area contributed by atoms with Crippen LogP contribution in [0.1, 0.15) is 50.2 Å². The second kappa shape index (κ2) is 8.63. The Hall–Kier alpha value is -1.56. The molecule has 1 saturated heterocycles. The second-order valence-corrected chi connectivity index (χ2v) is 7.89.